The molecular weight excluding hydrogens is 434 g/mol. The largest absolute Gasteiger partial charge is 0.508 e. The van der Waals surface area contributed by atoms with Gasteiger partial charge in [0.25, 0.3) is 5.91 Å². The first-order chi connectivity index (χ1) is 16.5. The number of ether oxygens (including phenoxy) is 1. The summed E-state index contributed by atoms with van der Waals surface area (Å²) in [5.74, 6) is -0.675. The number of aromatic nitrogens is 1. The minimum absolute atomic E-state index is 0.0131. The molecule has 3 heterocycles. The second-order valence-corrected chi connectivity index (χ2v) is 8.74. The molecule has 3 unspecified atom stereocenters. The standard InChI is InChI=1S/C26H25N3O5/c30-19-8-5-16(6-9-19)13-21(26(33)29-12-2-4-23-24(29)22(31)15-34-23)28-25(32)18-7-10-20-17(14-18)3-1-11-27-20/h1,3,5-11,14,21,23-24,30H,2,4,12-13,15H2,(H,28,32). The molecule has 2 aliphatic heterocycles. The molecule has 2 saturated heterocycles. The molecule has 0 radical (unpaired) electrons. The maximum Gasteiger partial charge on any atom is 0.251 e. The minimum atomic E-state index is -0.881. The molecule has 8 nitrogen and oxygen atoms in total. The van der Waals surface area contributed by atoms with E-state index in [-0.39, 0.29) is 42.5 Å². The molecule has 2 amide bonds. The summed E-state index contributed by atoms with van der Waals surface area (Å²) in [6.45, 7) is 0.456. The number of ketones is 1. The molecule has 34 heavy (non-hydrogen) atoms. The first-order valence-corrected chi connectivity index (χ1v) is 11.4. The van der Waals surface area contributed by atoms with Crippen molar-refractivity contribution in [3.8, 4) is 5.75 Å². The fraction of sp³-hybridized carbons (Fsp3) is 0.308. The Kier molecular flexibility index (Phi) is 5.98. The number of nitrogens with one attached hydrogen (secondary N) is 1. The van der Waals surface area contributed by atoms with Crippen molar-refractivity contribution >= 4 is 28.5 Å². The van der Waals surface area contributed by atoms with Crippen molar-refractivity contribution in [1.29, 1.82) is 0 Å². The predicted octanol–water partition coefficient (Wildman–Crippen LogP) is 2.24. The first-order valence-electron chi connectivity index (χ1n) is 11.4. The second-order valence-electron chi connectivity index (χ2n) is 8.74. The van der Waals surface area contributed by atoms with Crippen LogP contribution in [0.3, 0.4) is 0 Å². The number of carbonyl (C=O) groups is 3. The number of phenolic OH excluding ortho intramolecular Hbond substituents is 1. The van der Waals surface area contributed by atoms with Gasteiger partial charge in [-0.05, 0) is 54.8 Å². The van der Waals surface area contributed by atoms with E-state index in [1.165, 1.54) is 0 Å². The molecule has 0 aliphatic carbocycles. The number of hydrogen-bond acceptors (Lipinski definition) is 6. The summed E-state index contributed by atoms with van der Waals surface area (Å²) >= 11 is 0. The Morgan fingerprint density at radius 3 is 2.82 bits per heavy atom. The van der Waals surface area contributed by atoms with Crippen LogP contribution in [0.1, 0.15) is 28.8 Å². The highest BCUT2D eigenvalue weighted by atomic mass is 16.5. The second kappa shape index (κ2) is 9.23. The van der Waals surface area contributed by atoms with Gasteiger partial charge in [-0.3, -0.25) is 19.4 Å². The molecule has 2 aliphatic rings. The molecule has 5 rings (SSSR count). The Hall–Kier alpha value is -3.78. The van der Waals surface area contributed by atoms with Crippen LogP contribution in [0, 0.1) is 0 Å². The van der Waals surface area contributed by atoms with Crippen molar-refractivity contribution in [3.05, 3.63) is 71.9 Å². The van der Waals surface area contributed by atoms with Gasteiger partial charge in [0, 0.05) is 30.1 Å². The third-order valence-corrected chi connectivity index (χ3v) is 6.47. The van der Waals surface area contributed by atoms with Gasteiger partial charge < -0.3 is 20.1 Å². The molecule has 174 valence electrons. The van der Waals surface area contributed by atoms with Crippen LogP contribution in [-0.4, -0.2) is 63.9 Å². The Balaban J connectivity index is 1.42. The number of aromatic hydroxyl groups is 1. The molecule has 1 aromatic heterocycles. The fourth-order valence-electron chi connectivity index (χ4n) is 4.76. The third kappa shape index (κ3) is 4.36. The van der Waals surface area contributed by atoms with Gasteiger partial charge in [0.05, 0.1) is 11.6 Å². The highest BCUT2D eigenvalue weighted by molar-refractivity contribution is 6.01. The summed E-state index contributed by atoms with van der Waals surface area (Å²) in [5.41, 5.74) is 1.97. The smallest absolute Gasteiger partial charge is 0.251 e. The van der Waals surface area contributed by atoms with Gasteiger partial charge in [0.15, 0.2) is 5.78 Å². The number of piperidine rings is 1. The Morgan fingerprint density at radius 1 is 1.18 bits per heavy atom. The van der Waals surface area contributed by atoms with E-state index in [0.29, 0.717) is 12.1 Å². The van der Waals surface area contributed by atoms with E-state index in [0.717, 1.165) is 29.3 Å². The maximum absolute atomic E-state index is 13.7. The van der Waals surface area contributed by atoms with Crippen molar-refractivity contribution in [1.82, 2.24) is 15.2 Å². The molecule has 0 spiro atoms. The van der Waals surface area contributed by atoms with E-state index in [1.54, 1.807) is 59.6 Å². The lowest BCUT2D eigenvalue weighted by atomic mass is 9.95. The number of likely N-dealkylation sites (tertiary alicyclic amines) is 1. The van der Waals surface area contributed by atoms with E-state index in [2.05, 4.69) is 10.3 Å². The van der Waals surface area contributed by atoms with Crippen molar-refractivity contribution in [2.45, 2.75) is 37.5 Å². The van der Waals surface area contributed by atoms with Crippen LogP contribution >= 0.6 is 0 Å². The van der Waals surface area contributed by atoms with E-state index in [4.69, 9.17) is 4.74 Å². The van der Waals surface area contributed by atoms with Crippen LogP contribution in [0.2, 0.25) is 0 Å². The average Bonchev–Trinajstić information content (AvgIpc) is 3.25. The summed E-state index contributed by atoms with van der Waals surface area (Å²) in [7, 11) is 0. The van der Waals surface area contributed by atoms with Crippen molar-refractivity contribution in [3.63, 3.8) is 0 Å². The van der Waals surface area contributed by atoms with Crippen LogP contribution in [0.25, 0.3) is 10.9 Å². The molecule has 2 aromatic carbocycles. The fourth-order valence-corrected chi connectivity index (χ4v) is 4.76. The molecular formula is C26H25N3O5. The van der Waals surface area contributed by atoms with Crippen molar-refractivity contribution < 1.29 is 24.2 Å². The number of amides is 2. The zero-order chi connectivity index (χ0) is 23.7. The maximum atomic E-state index is 13.7. The summed E-state index contributed by atoms with van der Waals surface area (Å²) in [5, 5.41) is 13.3. The van der Waals surface area contributed by atoms with Gasteiger partial charge in [-0.25, -0.2) is 0 Å². The van der Waals surface area contributed by atoms with Gasteiger partial charge in [-0.2, -0.15) is 0 Å². The highest BCUT2D eigenvalue weighted by Gasteiger charge is 2.45. The number of pyridine rings is 1. The zero-order valence-corrected chi connectivity index (χ0v) is 18.5. The molecule has 3 atom stereocenters. The first kappa shape index (κ1) is 22.0. The molecule has 8 heteroatoms. The number of benzene rings is 2. The van der Waals surface area contributed by atoms with Gasteiger partial charge >= 0.3 is 0 Å². The van der Waals surface area contributed by atoms with Gasteiger partial charge in [0.2, 0.25) is 5.91 Å². The van der Waals surface area contributed by atoms with Crippen LogP contribution in [0.4, 0.5) is 0 Å². The topological polar surface area (TPSA) is 109 Å². The highest BCUT2D eigenvalue weighted by Crippen LogP contribution is 2.27. The third-order valence-electron chi connectivity index (χ3n) is 6.47. The lowest BCUT2D eigenvalue weighted by Crippen LogP contribution is -2.58. The molecule has 3 aromatic rings. The summed E-state index contributed by atoms with van der Waals surface area (Å²) in [4.78, 5) is 45.2. The number of fused-ring (bicyclic) bond motifs is 2. The van der Waals surface area contributed by atoms with E-state index < -0.39 is 12.1 Å². The Bertz CT molecular complexity index is 1240. The monoisotopic (exact) mass is 459 g/mol. The summed E-state index contributed by atoms with van der Waals surface area (Å²) < 4.78 is 5.59. The van der Waals surface area contributed by atoms with E-state index in [1.807, 2.05) is 6.07 Å². The zero-order valence-electron chi connectivity index (χ0n) is 18.5. The van der Waals surface area contributed by atoms with Crippen LogP contribution in [-0.2, 0) is 20.7 Å². The number of carbonyl (C=O) groups excluding carboxylic acids is 3. The van der Waals surface area contributed by atoms with Crippen molar-refractivity contribution in [2.24, 2.45) is 0 Å². The number of Topliss-reactive ketones (excluding diaryl/α,β-unsaturated/α-hetero) is 1. The minimum Gasteiger partial charge on any atom is -0.508 e. The van der Waals surface area contributed by atoms with E-state index in [9.17, 15) is 19.5 Å². The van der Waals surface area contributed by atoms with Crippen molar-refractivity contribution in [2.75, 3.05) is 13.2 Å². The molecule has 0 saturated carbocycles. The van der Waals surface area contributed by atoms with Crippen LogP contribution in [0.5, 0.6) is 5.75 Å². The van der Waals surface area contributed by atoms with Crippen LogP contribution in [0.15, 0.2) is 60.8 Å². The quantitative estimate of drug-likeness (QED) is 0.606. The Morgan fingerprint density at radius 2 is 2.00 bits per heavy atom. The normalized spacial score (nSPS) is 20.7. The lowest BCUT2D eigenvalue weighted by molar-refractivity contribution is -0.142. The number of phenols is 1. The van der Waals surface area contributed by atoms with Gasteiger partial charge in [-0.15, -0.1) is 0 Å². The molecule has 2 N–H and O–H groups in total. The number of nitrogens with zero attached hydrogens (tertiary/aromatic N) is 2. The Labute approximate surface area is 196 Å². The molecule has 0 bridgehead atoms. The number of rotatable bonds is 5. The number of hydrogen-bond donors (Lipinski definition) is 2. The average molecular weight is 460 g/mol. The summed E-state index contributed by atoms with van der Waals surface area (Å²) in [6, 6.07) is 13.9. The van der Waals surface area contributed by atoms with Crippen LogP contribution < -0.4 is 5.32 Å². The summed E-state index contributed by atoms with van der Waals surface area (Å²) in [6.07, 6.45) is 3.10. The predicted molar refractivity (Wildman–Crippen MR) is 124 cm³/mol. The van der Waals surface area contributed by atoms with E-state index >= 15 is 0 Å². The van der Waals surface area contributed by atoms with Gasteiger partial charge in [-0.1, -0.05) is 18.2 Å². The SMILES string of the molecule is O=C(NC(Cc1ccc(O)cc1)C(=O)N1CCCC2OCC(=O)C21)c1ccc2ncccc2c1. The lowest BCUT2D eigenvalue weighted by Gasteiger charge is -2.37. The molecule has 2 fully saturated rings. The van der Waals surface area contributed by atoms with Gasteiger partial charge in [0.1, 0.15) is 24.4 Å².